The first-order chi connectivity index (χ1) is 9.18. The molecule has 0 aliphatic heterocycles. The fraction of sp³-hybridized carbons (Fsp3) is 0.733. The van der Waals surface area contributed by atoms with Gasteiger partial charge in [-0.05, 0) is 38.7 Å². The van der Waals surface area contributed by atoms with Crippen molar-refractivity contribution in [3.63, 3.8) is 0 Å². The van der Waals surface area contributed by atoms with Gasteiger partial charge in [0.25, 0.3) is 5.91 Å². The second kappa shape index (κ2) is 6.73. The Bertz CT molecular complexity index is 403. The largest absolute Gasteiger partial charge is 0.350 e. The molecule has 1 aromatic rings. The minimum atomic E-state index is 0.00967. The third kappa shape index (κ3) is 3.82. The molecular weight excluding hydrogens is 238 g/mol. The molecule has 1 fully saturated rings. The first-order valence-corrected chi connectivity index (χ1v) is 7.50. The van der Waals surface area contributed by atoms with E-state index in [1.807, 2.05) is 13.8 Å². The number of aromatic nitrogens is 2. The Morgan fingerprint density at radius 2 is 2.05 bits per heavy atom. The van der Waals surface area contributed by atoms with Crippen LogP contribution in [0, 0.1) is 5.92 Å². The topological polar surface area (TPSA) is 46.9 Å². The summed E-state index contributed by atoms with van der Waals surface area (Å²) in [5.41, 5.74) is 0.670. The van der Waals surface area contributed by atoms with Crippen LogP contribution >= 0.6 is 0 Å². The summed E-state index contributed by atoms with van der Waals surface area (Å²) in [6.07, 6.45) is 9.53. The van der Waals surface area contributed by atoms with E-state index in [9.17, 15) is 4.79 Å². The Labute approximate surface area is 115 Å². The van der Waals surface area contributed by atoms with E-state index in [0.717, 1.165) is 6.54 Å². The summed E-state index contributed by atoms with van der Waals surface area (Å²) in [7, 11) is 0. The van der Waals surface area contributed by atoms with E-state index in [1.54, 1.807) is 16.9 Å². The molecular formula is C15H25N3O. The lowest BCUT2D eigenvalue weighted by Gasteiger charge is -2.16. The van der Waals surface area contributed by atoms with E-state index < -0.39 is 0 Å². The van der Waals surface area contributed by atoms with E-state index in [1.165, 1.54) is 38.5 Å². The molecule has 0 saturated heterocycles. The predicted molar refractivity (Wildman–Crippen MR) is 76.1 cm³/mol. The fourth-order valence-electron chi connectivity index (χ4n) is 2.80. The quantitative estimate of drug-likeness (QED) is 0.848. The smallest absolute Gasteiger partial charge is 0.269 e. The Kier molecular flexibility index (Phi) is 5.00. The lowest BCUT2D eigenvalue weighted by Crippen LogP contribution is -2.31. The highest BCUT2D eigenvalue weighted by atomic mass is 16.2. The first kappa shape index (κ1) is 14.1. The lowest BCUT2D eigenvalue weighted by atomic mass is 10.0. The molecule has 0 aromatic carbocycles. The van der Waals surface area contributed by atoms with Crippen LogP contribution in [0.5, 0.6) is 0 Å². The van der Waals surface area contributed by atoms with E-state index >= 15 is 0 Å². The summed E-state index contributed by atoms with van der Waals surface area (Å²) in [5, 5.41) is 7.28. The SMILES string of the molecule is CC(C)n1nccc1C(=O)NCC1CCCCCC1. The van der Waals surface area contributed by atoms with Gasteiger partial charge < -0.3 is 5.32 Å². The molecule has 4 nitrogen and oxygen atoms in total. The molecule has 1 heterocycles. The number of nitrogens with one attached hydrogen (secondary N) is 1. The highest BCUT2D eigenvalue weighted by Gasteiger charge is 2.17. The standard InChI is InChI=1S/C15H25N3O/c1-12(2)18-14(9-10-17-18)15(19)16-11-13-7-5-3-4-6-8-13/h9-10,12-13H,3-8,11H2,1-2H3,(H,16,19). The molecule has 1 N–H and O–H groups in total. The average Bonchev–Trinajstić information content (AvgIpc) is 2.74. The molecule has 2 rings (SSSR count). The minimum Gasteiger partial charge on any atom is -0.350 e. The molecule has 1 amide bonds. The summed E-state index contributed by atoms with van der Waals surface area (Å²) < 4.78 is 1.78. The van der Waals surface area contributed by atoms with Gasteiger partial charge in [-0.3, -0.25) is 9.48 Å². The zero-order valence-electron chi connectivity index (χ0n) is 12.1. The van der Waals surface area contributed by atoms with Crippen molar-refractivity contribution in [3.8, 4) is 0 Å². The van der Waals surface area contributed by atoms with Gasteiger partial charge >= 0.3 is 0 Å². The zero-order chi connectivity index (χ0) is 13.7. The van der Waals surface area contributed by atoms with Crippen LogP contribution in [0.4, 0.5) is 0 Å². The number of rotatable bonds is 4. The van der Waals surface area contributed by atoms with E-state index in [-0.39, 0.29) is 11.9 Å². The lowest BCUT2D eigenvalue weighted by molar-refractivity contribution is 0.0933. The summed E-state index contributed by atoms with van der Waals surface area (Å²) in [4.78, 5) is 12.2. The van der Waals surface area contributed by atoms with Crippen LogP contribution in [0.15, 0.2) is 12.3 Å². The second-order valence-electron chi connectivity index (χ2n) is 5.82. The van der Waals surface area contributed by atoms with Crippen molar-refractivity contribution in [3.05, 3.63) is 18.0 Å². The third-order valence-electron chi connectivity index (χ3n) is 3.92. The van der Waals surface area contributed by atoms with Gasteiger partial charge in [0.2, 0.25) is 0 Å². The molecule has 0 spiro atoms. The molecule has 1 aromatic heterocycles. The van der Waals surface area contributed by atoms with Crippen LogP contribution in [0.2, 0.25) is 0 Å². The van der Waals surface area contributed by atoms with E-state index in [4.69, 9.17) is 0 Å². The highest BCUT2D eigenvalue weighted by Crippen LogP contribution is 2.22. The predicted octanol–water partition coefficient (Wildman–Crippen LogP) is 3.16. The fourth-order valence-corrected chi connectivity index (χ4v) is 2.80. The van der Waals surface area contributed by atoms with Gasteiger partial charge in [0, 0.05) is 18.8 Å². The molecule has 1 aliphatic carbocycles. The van der Waals surface area contributed by atoms with Crippen molar-refractivity contribution < 1.29 is 4.79 Å². The Hall–Kier alpha value is -1.32. The number of carbonyl (C=O) groups excluding carboxylic acids is 1. The number of carbonyl (C=O) groups is 1. The van der Waals surface area contributed by atoms with Gasteiger partial charge in [-0.15, -0.1) is 0 Å². The Balaban J connectivity index is 1.88. The van der Waals surface area contributed by atoms with Crippen molar-refractivity contribution in [1.29, 1.82) is 0 Å². The van der Waals surface area contributed by atoms with Gasteiger partial charge in [-0.2, -0.15) is 5.10 Å². The van der Waals surface area contributed by atoms with Gasteiger partial charge in [0.1, 0.15) is 5.69 Å². The summed E-state index contributed by atoms with van der Waals surface area (Å²) in [5.74, 6) is 0.664. The third-order valence-corrected chi connectivity index (χ3v) is 3.92. The number of hydrogen-bond donors (Lipinski definition) is 1. The molecule has 4 heteroatoms. The van der Waals surface area contributed by atoms with Crippen LogP contribution in [0.1, 0.15) is 68.9 Å². The summed E-state index contributed by atoms with van der Waals surface area (Å²) in [6, 6.07) is 2.01. The maximum atomic E-state index is 12.2. The summed E-state index contributed by atoms with van der Waals surface area (Å²) >= 11 is 0. The molecule has 1 aliphatic rings. The average molecular weight is 263 g/mol. The van der Waals surface area contributed by atoms with Crippen molar-refractivity contribution >= 4 is 5.91 Å². The molecule has 0 unspecified atom stereocenters. The maximum Gasteiger partial charge on any atom is 0.269 e. The molecule has 0 bridgehead atoms. The van der Waals surface area contributed by atoms with Gasteiger partial charge in [-0.25, -0.2) is 0 Å². The zero-order valence-corrected chi connectivity index (χ0v) is 12.1. The number of hydrogen-bond acceptors (Lipinski definition) is 2. The van der Waals surface area contributed by atoms with E-state index in [2.05, 4.69) is 10.4 Å². The van der Waals surface area contributed by atoms with E-state index in [0.29, 0.717) is 11.6 Å². The molecule has 1 saturated carbocycles. The van der Waals surface area contributed by atoms with Crippen molar-refractivity contribution in [1.82, 2.24) is 15.1 Å². The van der Waals surface area contributed by atoms with Crippen LogP contribution in [-0.4, -0.2) is 22.2 Å². The summed E-state index contributed by atoms with van der Waals surface area (Å²) in [6.45, 7) is 4.88. The first-order valence-electron chi connectivity index (χ1n) is 7.50. The Morgan fingerprint density at radius 1 is 1.37 bits per heavy atom. The van der Waals surface area contributed by atoms with Crippen LogP contribution in [-0.2, 0) is 0 Å². The minimum absolute atomic E-state index is 0.00967. The molecule has 106 valence electrons. The van der Waals surface area contributed by atoms with Gasteiger partial charge in [0.15, 0.2) is 0 Å². The molecule has 0 radical (unpaired) electrons. The van der Waals surface area contributed by atoms with Crippen LogP contribution < -0.4 is 5.32 Å². The van der Waals surface area contributed by atoms with Crippen molar-refractivity contribution in [2.45, 2.75) is 58.4 Å². The van der Waals surface area contributed by atoms with Crippen LogP contribution in [0.25, 0.3) is 0 Å². The number of amides is 1. The molecule has 19 heavy (non-hydrogen) atoms. The maximum absolute atomic E-state index is 12.2. The van der Waals surface area contributed by atoms with Crippen LogP contribution in [0.3, 0.4) is 0 Å². The van der Waals surface area contributed by atoms with Gasteiger partial charge in [0.05, 0.1) is 0 Å². The number of nitrogens with zero attached hydrogens (tertiary/aromatic N) is 2. The molecule has 0 atom stereocenters. The van der Waals surface area contributed by atoms with Crippen molar-refractivity contribution in [2.24, 2.45) is 5.92 Å². The van der Waals surface area contributed by atoms with Gasteiger partial charge in [-0.1, -0.05) is 25.7 Å². The second-order valence-corrected chi connectivity index (χ2v) is 5.82. The highest BCUT2D eigenvalue weighted by molar-refractivity contribution is 5.92. The normalized spacial score (nSPS) is 17.4. The monoisotopic (exact) mass is 263 g/mol. The van der Waals surface area contributed by atoms with Crippen molar-refractivity contribution in [2.75, 3.05) is 6.54 Å². The Morgan fingerprint density at radius 3 is 2.68 bits per heavy atom.